The van der Waals surface area contributed by atoms with E-state index in [0.717, 1.165) is 21.1 Å². The monoisotopic (exact) mass is 478 g/mol. The Hall–Kier alpha value is -2.85. The number of ether oxygens (including phenoxy) is 2. The molecule has 2 aromatic rings. The first-order valence-corrected chi connectivity index (χ1v) is 9.85. The predicted octanol–water partition coefficient (Wildman–Crippen LogP) is 4.61. The summed E-state index contributed by atoms with van der Waals surface area (Å²) in [6, 6.07) is 9.31. The van der Waals surface area contributed by atoms with Crippen molar-refractivity contribution in [1.29, 1.82) is 0 Å². The average Bonchev–Trinajstić information content (AvgIpc) is 2.95. The van der Waals surface area contributed by atoms with Gasteiger partial charge in [-0.1, -0.05) is 28.1 Å². The highest BCUT2D eigenvalue weighted by Gasteiger charge is 2.35. The van der Waals surface area contributed by atoms with Gasteiger partial charge in [0, 0.05) is 22.2 Å². The topological polar surface area (TPSA) is 99.0 Å². The van der Waals surface area contributed by atoms with E-state index in [4.69, 9.17) is 9.47 Å². The van der Waals surface area contributed by atoms with E-state index in [2.05, 4.69) is 15.9 Å². The van der Waals surface area contributed by atoms with Gasteiger partial charge in [-0.2, -0.15) is 0 Å². The zero-order valence-corrected chi connectivity index (χ0v) is 17.8. The number of amides is 2. The van der Waals surface area contributed by atoms with Gasteiger partial charge < -0.3 is 9.47 Å². The number of thioether (sulfide) groups is 1. The Bertz CT molecular complexity index is 1040. The fraction of sp³-hybridized carbons (Fsp3) is 0.158. The van der Waals surface area contributed by atoms with Crippen LogP contribution < -0.4 is 9.47 Å². The molecule has 1 heterocycles. The lowest BCUT2D eigenvalue weighted by Gasteiger charge is -2.13. The number of carbonyl (C=O) groups excluding carboxylic acids is 2. The molecule has 0 unspecified atom stereocenters. The fourth-order valence-electron chi connectivity index (χ4n) is 2.79. The third-order valence-corrected chi connectivity index (χ3v) is 5.46. The Labute approximate surface area is 178 Å². The molecule has 0 bridgehead atoms. The summed E-state index contributed by atoms with van der Waals surface area (Å²) in [5, 5.41) is 10.5. The number of hydrogen-bond acceptors (Lipinski definition) is 7. The molecule has 8 nitrogen and oxygen atoms in total. The molecule has 29 heavy (non-hydrogen) atoms. The summed E-state index contributed by atoms with van der Waals surface area (Å²) in [4.78, 5) is 36.8. The molecule has 0 radical (unpaired) electrons. The number of nitrogens with zero attached hydrogens (tertiary/aromatic N) is 2. The number of methoxy groups -OCH3 is 2. The number of halogens is 1. The van der Waals surface area contributed by atoms with Gasteiger partial charge in [-0.25, -0.2) is 0 Å². The minimum absolute atomic E-state index is 0.0529. The van der Waals surface area contributed by atoms with Crippen LogP contribution in [0.2, 0.25) is 0 Å². The summed E-state index contributed by atoms with van der Waals surface area (Å²) < 4.78 is 11.4. The summed E-state index contributed by atoms with van der Waals surface area (Å²) in [6.07, 6.45) is 1.56. The maximum Gasteiger partial charge on any atom is 0.293 e. The van der Waals surface area contributed by atoms with Crippen LogP contribution in [0.5, 0.6) is 11.5 Å². The van der Waals surface area contributed by atoms with Crippen LogP contribution >= 0.6 is 27.7 Å². The van der Waals surface area contributed by atoms with E-state index in [9.17, 15) is 19.7 Å². The lowest BCUT2D eigenvalue weighted by Crippen LogP contribution is -2.27. The van der Waals surface area contributed by atoms with E-state index >= 15 is 0 Å². The van der Waals surface area contributed by atoms with Gasteiger partial charge in [0.2, 0.25) is 0 Å². The van der Waals surface area contributed by atoms with Crippen molar-refractivity contribution in [2.45, 2.75) is 6.54 Å². The second kappa shape index (κ2) is 8.66. The fourth-order valence-corrected chi connectivity index (χ4v) is 4.08. The molecule has 0 aliphatic carbocycles. The molecule has 1 fully saturated rings. The minimum atomic E-state index is -0.524. The molecule has 2 aromatic carbocycles. The van der Waals surface area contributed by atoms with Crippen molar-refractivity contribution in [2.75, 3.05) is 14.2 Å². The number of imide groups is 1. The maximum absolute atomic E-state index is 12.8. The van der Waals surface area contributed by atoms with Crippen molar-refractivity contribution in [3.8, 4) is 11.5 Å². The van der Waals surface area contributed by atoms with E-state index < -0.39 is 16.1 Å². The van der Waals surface area contributed by atoms with Gasteiger partial charge in [0.25, 0.3) is 16.8 Å². The van der Waals surface area contributed by atoms with E-state index in [1.807, 2.05) is 0 Å². The molecule has 0 aromatic heterocycles. The number of nitro groups is 1. The number of benzene rings is 2. The van der Waals surface area contributed by atoms with Crippen LogP contribution in [0, 0.1) is 10.1 Å². The minimum Gasteiger partial charge on any atom is -0.493 e. The van der Waals surface area contributed by atoms with Gasteiger partial charge in [0.15, 0.2) is 11.5 Å². The molecule has 1 aliphatic heterocycles. The highest BCUT2D eigenvalue weighted by Crippen LogP contribution is 2.39. The van der Waals surface area contributed by atoms with Crippen molar-refractivity contribution < 1.29 is 24.0 Å². The third-order valence-electron chi connectivity index (χ3n) is 4.09. The average molecular weight is 479 g/mol. The standard InChI is InChI=1S/C19H15BrN2O6S/c1-27-15-9-13(20)7-12(17(15)28-2)8-16-18(23)21(19(24)29-16)10-11-4-3-5-14(6-11)22(25)26/h3-9H,10H2,1-2H3/b16-8-. The molecule has 1 saturated heterocycles. The van der Waals surface area contributed by atoms with E-state index in [1.54, 1.807) is 24.3 Å². The Morgan fingerprint density at radius 1 is 1.21 bits per heavy atom. The molecule has 0 atom stereocenters. The molecular formula is C19H15BrN2O6S. The summed E-state index contributed by atoms with van der Waals surface area (Å²) in [7, 11) is 2.98. The van der Waals surface area contributed by atoms with Crippen LogP contribution in [0.1, 0.15) is 11.1 Å². The Morgan fingerprint density at radius 3 is 2.62 bits per heavy atom. The van der Waals surface area contributed by atoms with Crippen LogP contribution in [0.4, 0.5) is 10.5 Å². The number of non-ortho nitro benzene ring substituents is 1. The van der Waals surface area contributed by atoms with E-state index in [0.29, 0.717) is 22.6 Å². The summed E-state index contributed by atoms with van der Waals surface area (Å²) >= 11 is 4.18. The van der Waals surface area contributed by atoms with Crippen LogP contribution in [0.25, 0.3) is 6.08 Å². The zero-order chi connectivity index (χ0) is 21.1. The second-order valence-electron chi connectivity index (χ2n) is 5.93. The SMILES string of the molecule is COc1cc(Br)cc(/C=C2\SC(=O)N(Cc3cccc([N+](=O)[O-])c3)C2=O)c1OC. The first kappa shape index (κ1) is 20.9. The quantitative estimate of drug-likeness (QED) is 0.339. The van der Waals surface area contributed by atoms with Gasteiger partial charge in [-0.15, -0.1) is 0 Å². The summed E-state index contributed by atoms with van der Waals surface area (Å²) in [5.74, 6) is 0.428. The zero-order valence-electron chi connectivity index (χ0n) is 15.4. The first-order valence-electron chi connectivity index (χ1n) is 8.24. The number of hydrogen-bond donors (Lipinski definition) is 0. The molecular weight excluding hydrogens is 464 g/mol. The molecule has 3 rings (SSSR count). The van der Waals surface area contributed by atoms with Crippen LogP contribution in [-0.4, -0.2) is 35.2 Å². The van der Waals surface area contributed by atoms with Crippen LogP contribution in [-0.2, 0) is 11.3 Å². The Balaban J connectivity index is 1.90. The molecule has 150 valence electrons. The smallest absolute Gasteiger partial charge is 0.293 e. The van der Waals surface area contributed by atoms with Crippen LogP contribution in [0.3, 0.4) is 0 Å². The second-order valence-corrected chi connectivity index (χ2v) is 7.83. The van der Waals surface area contributed by atoms with Crippen molar-refractivity contribution in [1.82, 2.24) is 4.90 Å². The largest absolute Gasteiger partial charge is 0.493 e. The molecule has 0 saturated carbocycles. The predicted molar refractivity (Wildman–Crippen MR) is 112 cm³/mol. The maximum atomic E-state index is 12.8. The van der Waals surface area contributed by atoms with Crippen LogP contribution in [0.15, 0.2) is 45.8 Å². The summed E-state index contributed by atoms with van der Waals surface area (Å²) in [5.41, 5.74) is 0.958. The van der Waals surface area contributed by atoms with Gasteiger partial charge in [-0.05, 0) is 35.5 Å². The molecule has 1 aliphatic rings. The normalized spacial score (nSPS) is 15.1. The lowest BCUT2D eigenvalue weighted by atomic mass is 10.1. The van der Waals surface area contributed by atoms with Crippen molar-refractivity contribution >= 4 is 50.6 Å². The van der Waals surface area contributed by atoms with E-state index in [1.165, 1.54) is 32.4 Å². The Kier molecular flexibility index (Phi) is 6.23. The van der Waals surface area contributed by atoms with E-state index in [-0.39, 0.29) is 17.1 Å². The highest BCUT2D eigenvalue weighted by atomic mass is 79.9. The number of nitro benzene ring substituents is 1. The van der Waals surface area contributed by atoms with Gasteiger partial charge in [0.05, 0.1) is 30.6 Å². The molecule has 2 amide bonds. The van der Waals surface area contributed by atoms with Gasteiger partial charge in [-0.3, -0.25) is 24.6 Å². The van der Waals surface area contributed by atoms with Gasteiger partial charge >= 0.3 is 0 Å². The van der Waals surface area contributed by atoms with Crippen molar-refractivity contribution in [2.24, 2.45) is 0 Å². The number of carbonyl (C=O) groups is 2. The highest BCUT2D eigenvalue weighted by molar-refractivity contribution is 9.10. The molecule has 0 spiro atoms. The molecule has 10 heteroatoms. The summed E-state index contributed by atoms with van der Waals surface area (Å²) in [6.45, 7) is -0.0529. The van der Waals surface area contributed by atoms with Crippen molar-refractivity contribution in [3.05, 3.63) is 67.0 Å². The Morgan fingerprint density at radius 2 is 1.97 bits per heavy atom. The van der Waals surface area contributed by atoms with Gasteiger partial charge in [0.1, 0.15) is 0 Å². The third kappa shape index (κ3) is 4.43. The lowest BCUT2D eigenvalue weighted by molar-refractivity contribution is -0.384. The van der Waals surface area contributed by atoms with Crippen molar-refractivity contribution in [3.63, 3.8) is 0 Å². The molecule has 0 N–H and O–H groups in total. The first-order chi connectivity index (χ1) is 13.8. The number of rotatable bonds is 6.